The van der Waals surface area contributed by atoms with E-state index >= 15 is 0 Å². The number of carbonyl (C=O) groups excluding carboxylic acids is 1. The topological polar surface area (TPSA) is 95.1 Å². The number of hydrogen-bond donors (Lipinski definition) is 2. The third-order valence-electron chi connectivity index (χ3n) is 6.74. The van der Waals surface area contributed by atoms with E-state index in [1.165, 1.54) is 22.9 Å². The van der Waals surface area contributed by atoms with Gasteiger partial charge in [0.2, 0.25) is 0 Å². The summed E-state index contributed by atoms with van der Waals surface area (Å²) in [5.41, 5.74) is 12.5. The number of thiazole rings is 1. The maximum atomic E-state index is 13.5. The number of rotatable bonds is 6. The standard InChI is InChI=1S/C26H25ClFN5O2S/c1-33-25(29)23(26(34)31-17-6-8-20(28)19(27)11-17)24(32-33)16-4-3-14(9-16)18-7-5-15(10-22(18)35-2)21-12-36-13-30-21/h5-8,10-14,16H,3-4,9,29H2,1-2H3,(H,31,34). The molecule has 1 saturated carbocycles. The van der Waals surface area contributed by atoms with E-state index in [2.05, 4.69) is 27.5 Å². The van der Waals surface area contributed by atoms with Crippen LogP contribution in [-0.2, 0) is 7.05 Å². The molecule has 0 spiro atoms. The Morgan fingerprint density at radius 3 is 2.78 bits per heavy atom. The molecule has 186 valence electrons. The predicted molar refractivity (Wildman–Crippen MR) is 140 cm³/mol. The highest BCUT2D eigenvalue weighted by atomic mass is 35.5. The Balaban J connectivity index is 1.39. The number of nitrogens with two attached hydrogens (primary N) is 1. The number of aromatic nitrogens is 3. The predicted octanol–water partition coefficient (Wildman–Crippen LogP) is 6.23. The number of benzene rings is 2. The molecule has 0 saturated heterocycles. The maximum Gasteiger partial charge on any atom is 0.261 e. The summed E-state index contributed by atoms with van der Waals surface area (Å²) < 4.78 is 20.8. The van der Waals surface area contributed by atoms with E-state index in [4.69, 9.17) is 22.1 Å². The van der Waals surface area contributed by atoms with Gasteiger partial charge in [-0.2, -0.15) is 5.10 Å². The van der Waals surface area contributed by atoms with E-state index in [0.717, 1.165) is 41.8 Å². The fraction of sp³-hybridized carbons (Fsp3) is 0.269. The first-order valence-electron chi connectivity index (χ1n) is 11.5. The second kappa shape index (κ2) is 9.91. The average Bonchev–Trinajstić information content (AvgIpc) is 3.62. The molecule has 4 aromatic rings. The number of nitrogen functional groups attached to an aromatic ring is 1. The van der Waals surface area contributed by atoms with Crippen LogP contribution in [-0.4, -0.2) is 27.8 Å². The first kappa shape index (κ1) is 24.3. The van der Waals surface area contributed by atoms with E-state index in [1.807, 2.05) is 17.0 Å². The van der Waals surface area contributed by atoms with Gasteiger partial charge in [0.05, 0.1) is 29.0 Å². The van der Waals surface area contributed by atoms with E-state index in [9.17, 15) is 9.18 Å². The SMILES string of the molecule is COc1cc(-c2cscn2)ccc1C1CCC(c2nn(C)c(N)c2C(=O)Nc2ccc(F)c(Cl)c2)C1. The molecular weight excluding hydrogens is 501 g/mol. The molecule has 5 rings (SSSR count). The van der Waals surface area contributed by atoms with E-state index < -0.39 is 11.7 Å². The Hall–Kier alpha value is -3.43. The molecule has 2 heterocycles. The molecular formula is C26H25ClFN5O2S. The van der Waals surface area contributed by atoms with Crippen LogP contribution < -0.4 is 15.8 Å². The number of hydrogen-bond acceptors (Lipinski definition) is 6. The first-order valence-corrected chi connectivity index (χ1v) is 12.8. The molecule has 1 fully saturated rings. The van der Waals surface area contributed by atoms with Gasteiger partial charge in [0, 0.05) is 29.6 Å². The number of carbonyl (C=O) groups is 1. The van der Waals surface area contributed by atoms with Crippen LogP contribution in [0, 0.1) is 5.82 Å². The van der Waals surface area contributed by atoms with Crippen molar-refractivity contribution in [3.63, 3.8) is 0 Å². The van der Waals surface area contributed by atoms with Crippen molar-refractivity contribution < 1.29 is 13.9 Å². The van der Waals surface area contributed by atoms with Crippen molar-refractivity contribution in [3.8, 4) is 17.0 Å². The van der Waals surface area contributed by atoms with Gasteiger partial charge in [0.25, 0.3) is 5.91 Å². The van der Waals surface area contributed by atoms with Gasteiger partial charge in [0.1, 0.15) is 22.9 Å². The number of anilines is 2. The smallest absolute Gasteiger partial charge is 0.261 e. The summed E-state index contributed by atoms with van der Waals surface area (Å²) in [4.78, 5) is 17.6. The van der Waals surface area contributed by atoms with Crippen LogP contribution in [0.5, 0.6) is 5.75 Å². The highest BCUT2D eigenvalue weighted by Crippen LogP contribution is 2.47. The summed E-state index contributed by atoms with van der Waals surface area (Å²) in [7, 11) is 3.40. The van der Waals surface area contributed by atoms with Crippen molar-refractivity contribution in [2.75, 3.05) is 18.2 Å². The zero-order valence-corrected chi connectivity index (χ0v) is 21.4. The molecule has 1 amide bonds. The Kier molecular flexibility index (Phi) is 6.68. The van der Waals surface area contributed by atoms with Crippen molar-refractivity contribution in [2.24, 2.45) is 7.05 Å². The summed E-state index contributed by atoms with van der Waals surface area (Å²) >= 11 is 7.43. The van der Waals surface area contributed by atoms with E-state index in [1.54, 1.807) is 25.5 Å². The Labute approximate surface area is 217 Å². The summed E-state index contributed by atoms with van der Waals surface area (Å²) in [5, 5.41) is 9.33. The highest BCUT2D eigenvalue weighted by Gasteiger charge is 2.34. The quantitative estimate of drug-likeness (QED) is 0.311. The lowest BCUT2D eigenvalue weighted by Gasteiger charge is -2.16. The molecule has 0 bridgehead atoms. The molecule has 1 aliphatic rings. The molecule has 0 radical (unpaired) electrons. The second-order valence-corrected chi connectivity index (χ2v) is 10.0. The molecule has 1 aliphatic carbocycles. The van der Waals surface area contributed by atoms with Gasteiger partial charge in [0.15, 0.2) is 0 Å². The number of halogens is 2. The molecule has 0 aliphatic heterocycles. The highest BCUT2D eigenvalue weighted by molar-refractivity contribution is 7.07. The van der Waals surface area contributed by atoms with Gasteiger partial charge < -0.3 is 15.8 Å². The molecule has 36 heavy (non-hydrogen) atoms. The van der Waals surface area contributed by atoms with Crippen molar-refractivity contribution >= 4 is 40.4 Å². The minimum absolute atomic E-state index is 0.0546. The molecule has 7 nitrogen and oxygen atoms in total. The number of methoxy groups -OCH3 is 1. The van der Waals surface area contributed by atoms with Gasteiger partial charge in [-0.25, -0.2) is 9.37 Å². The lowest BCUT2D eigenvalue weighted by molar-refractivity contribution is 0.102. The Morgan fingerprint density at radius 2 is 2.06 bits per heavy atom. The lowest BCUT2D eigenvalue weighted by atomic mass is 9.92. The number of ether oxygens (including phenoxy) is 1. The molecule has 2 aromatic heterocycles. The average molecular weight is 526 g/mol. The van der Waals surface area contributed by atoms with Crippen LogP contribution in [0.25, 0.3) is 11.3 Å². The summed E-state index contributed by atoms with van der Waals surface area (Å²) in [6.07, 6.45) is 2.61. The summed E-state index contributed by atoms with van der Waals surface area (Å²) in [6.45, 7) is 0. The molecule has 2 unspecified atom stereocenters. The van der Waals surface area contributed by atoms with Crippen molar-refractivity contribution in [2.45, 2.75) is 31.1 Å². The number of aryl methyl sites for hydroxylation is 1. The molecule has 2 atom stereocenters. The first-order chi connectivity index (χ1) is 17.4. The molecule has 10 heteroatoms. The van der Waals surface area contributed by atoms with Gasteiger partial charge in [-0.1, -0.05) is 23.7 Å². The second-order valence-electron chi connectivity index (χ2n) is 8.89. The van der Waals surface area contributed by atoms with Gasteiger partial charge in [-0.15, -0.1) is 11.3 Å². The zero-order chi connectivity index (χ0) is 25.4. The van der Waals surface area contributed by atoms with Gasteiger partial charge in [-0.3, -0.25) is 9.48 Å². The number of amides is 1. The Morgan fingerprint density at radius 1 is 1.25 bits per heavy atom. The van der Waals surface area contributed by atoms with Crippen LogP contribution in [0.2, 0.25) is 5.02 Å². The number of nitrogens with zero attached hydrogens (tertiary/aromatic N) is 3. The van der Waals surface area contributed by atoms with Crippen LogP contribution in [0.4, 0.5) is 15.9 Å². The summed E-state index contributed by atoms with van der Waals surface area (Å²) in [6, 6.07) is 10.3. The summed E-state index contributed by atoms with van der Waals surface area (Å²) in [5.74, 6) is 0.473. The maximum absolute atomic E-state index is 13.5. The lowest BCUT2D eigenvalue weighted by Crippen LogP contribution is -2.16. The van der Waals surface area contributed by atoms with Crippen LogP contribution in [0.3, 0.4) is 0 Å². The minimum Gasteiger partial charge on any atom is -0.496 e. The monoisotopic (exact) mass is 525 g/mol. The number of nitrogens with one attached hydrogen (secondary N) is 1. The zero-order valence-electron chi connectivity index (χ0n) is 19.8. The minimum atomic E-state index is -0.553. The third kappa shape index (κ3) is 4.56. The van der Waals surface area contributed by atoms with Crippen molar-refractivity contribution in [1.29, 1.82) is 0 Å². The van der Waals surface area contributed by atoms with Crippen molar-refractivity contribution in [3.05, 3.63) is 74.9 Å². The third-order valence-corrected chi connectivity index (χ3v) is 7.62. The fourth-order valence-electron chi connectivity index (χ4n) is 4.92. The van der Waals surface area contributed by atoms with Gasteiger partial charge in [-0.05, 0) is 55.0 Å². The fourth-order valence-corrected chi connectivity index (χ4v) is 5.66. The van der Waals surface area contributed by atoms with E-state index in [0.29, 0.717) is 16.9 Å². The van der Waals surface area contributed by atoms with Gasteiger partial charge >= 0.3 is 0 Å². The van der Waals surface area contributed by atoms with Crippen LogP contribution >= 0.6 is 22.9 Å². The van der Waals surface area contributed by atoms with Crippen LogP contribution in [0.15, 0.2) is 47.3 Å². The van der Waals surface area contributed by atoms with Crippen LogP contribution in [0.1, 0.15) is 52.7 Å². The normalized spacial score (nSPS) is 17.3. The Bertz CT molecular complexity index is 1420. The van der Waals surface area contributed by atoms with E-state index in [-0.39, 0.29) is 22.7 Å². The van der Waals surface area contributed by atoms with Crippen molar-refractivity contribution in [1.82, 2.24) is 14.8 Å². The molecule has 3 N–H and O–H groups in total. The molecule has 2 aromatic carbocycles. The largest absolute Gasteiger partial charge is 0.496 e.